The van der Waals surface area contributed by atoms with Crippen molar-refractivity contribution in [3.05, 3.63) is 41.5 Å². The van der Waals surface area contributed by atoms with Crippen LogP contribution in [0.4, 0.5) is 5.69 Å². The molecule has 21 heavy (non-hydrogen) atoms. The standard InChI is InChI=1S/C17H25NO2S/c1-13-6-4-7-14(2)17(13)11-18-16-9-5-8-15(10-16)12-21(3,19)20/h5-6,8-10,14,17-18H,4,7,11-12H2,1-3H3/t14-,17+/m0/s1. The summed E-state index contributed by atoms with van der Waals surface area (Å²) in [6.45, 7) is 5.43. The number of hydrogen-bond acceptors (Lipinski definition) is 3. The summed E-state index contributed by atoms with van der Waals surface area (Å²) in [6, 6.07) is 7.71. The van der Waals surface area contributed by atoms with Gasteiger partial charge in [0, 0.05) is 18.5 Å². The largest absolute Gasteiger partial charge is 0.384 e. The van der Waals surface area contributed by atoms with Crippen LogP contribution in [-0.2, 0) is 15.6 Å². The van der Waals surface area contributed by atoms with E-state index in [2.05, 4.69) is 25.2 Å². The molecule has 0 heterocycles. The smallest absolute Gasteiger partial charge is 0.151 e. The number of sulfone groups is 1. The Morgan fingerprint density at radius 1 is 1.33 bits per heavy atom. The maximum Gasteiger partial charge on any atom is 0.151 e. The summed E-state index contributed by atoms with van der Waals surface area (Å²) in [5.74, 6) is 1.36. The van der Waals surface area contributed by atoms with Crippen molar-refractivity contribution in [2.45, 2.75) is 32.4 Å². The first-order valence-electron chi connectivity index (χ1n) is 7.52. The molecule has 1 aromatic carbocycles. The molecule has 0 radical (unpaired) electrons. The molecule has 0 aromatic heterocycles. The molecule has 0 fully saturated rings. The fourth-order valence-electron chi connectivity index (χ4n) is 3.04. The molecular weight excluding hydrogens is 282 g/mol. The van der Waals surface area contributed by atoms with Gasteiger partial charge in [0.2, 0.25) is 0 Å². The van der Waals surface area contributed by atoms with Gasteiger partial charge in [-0.05, 0) is 49.3 Å². The zero-order chi connectivity index (χ0) is 15.5. The van der Waals surface area contributed by atoms with Crippen molar-refractivity contribution in [2.24, 2.45) is 11.8 Å². The lowest BCUT2D eigenvalue weighted by Gasteiger charge is -2.29. The molecule has 0 aliphatic heterocycles. The molecule has 0 saturated heterocycles. The molecule has 3 nitrogen and oxygen atoms in total. The fourth-order valence-corrected chi connectivity index (χ4v) is 3.82. The summed E-state index contributed by atoms with van der Waals surface area (Å²) in [7, 11) is -2.98. The molecule has 0 amide bonds. The molecule has 0 spiro atoms. The molecule has 0 unspecified atom stereocenters. The van der Waals surface area contributed by atoms with Crippen molar-refractivity contribution in [2.75, 3.05) is 18.1 Å². The van der Waals surface area contributed by atoms with Crippen molar-refractivity contribution in [3.63, 3.8) is 0 Å². The van der Waals surface area contributed by atoms with Gasteiger partial charge in [0.05, 0.1) is 5.75 Å². The van der Waals surface area contributed by atoms with Gasteiger partial charge in [-0.3, -0.25) is 0 Å². The first-order valence-corrected chi connectivity index (χ1v) is 9.58. The lowest BCUT2D eigenvalue weighted by molar-refractivity contribution is 0.381. The van der Waals surface area contributed by atoms with E-state index in [9.17, 15) is 8.42 Å². The summed E-state index contributed by atoms with van der Waals surface area (Å²) in [4.78, 5) is 0. The summed E-state index contributed by atoms with van der Waals surface area (Å²) >= 11 is 0. The van der Waals surface area contributed by atoms with Gasteiger partial charge in [-0.25, -0.2) is 8.42 Å². The fraction of sp³-hybridized carbons (Fsp3) is 0.529. The monoisotopic (exact) mass is 307 g/mol. The summed E-state index contributed by atoms with van der Waals surface area (Å²) in [6.07, 6.45) is 6.04. The molecule has 2 atom stereocenters. The predicted molar refractivity (Wildman–Crippen MR) is 89.1 cm³/mol. The first-order chi connectivity index (χ1) is 9.85. The Balaban J connectivity index is 2.02. The van der Waals surface area contributed by atoms with Gasteiger partial charge in [-0.2, -0.15) is 0 Å². The van der Waals surface area contributed by atoms with Crippen LogP contribution >= 0.6 is 0 Å². The second-order valence-corrected chi connectivity index (χ2v) is 8.40. The summed E-state index contributed by atoms with van der Waals surface area (Å²) < 4.78 is 22.8. The Hall–Kier alpha value is -1.29. The van der Waals surface area contributed by atoms with E-state index in [1.807, 2.05) is 24.3 Å². The van der Waals surface area contributed by atoms with Crippen LogP contribution in [0.1, 0.15) is 32.3 Å². The zero-order valence-electron chi connectivity index (χ0n) is 13.1. The molecule has 4 heteroatoms. The van der Waals surface area contributed by atoms with Gasteiger partial charge >= 0.3 is 0 Å². The van der Waals surface area contributed by atoms with Crippen molar-refractivity contribution < 1.29 is 8.42 Å². The zero-order valence-corrected chi connectivity index (χ0v) is 13.9. The summed E-state index contributed by atoms with van der Waals surface area (Å²) in [5.41, 5.74) is 3.31. The SMILES string of the molecule is CC1=CCC[C@H](C)[C@@H]1CNc1cccc(CS(C)(=O)=O)c1. The third-order valence-corrected chi connectivity index (χ3v) is 5.10. The van der Waals surface area contributed by atoms with Gasteiger partial charge in [0.1, 0.15) is 0 Å². The Kier molecular flexibility index (Phi) is 5.09. The molecule has 0 saturated carbocycles. The highest BCUT2D eigenvalue weighted by Gasteiger charge is 2.21. The molecule has 0 bridgehead atoms. The molecule has 1 N–H and O–H groups in total. The molecule has 1 aromatic rings. The normalized spacial score (nSPS) is 22.7. The van der Waals surface area contributed by atoms with E-state index < -0.39 is 9.84 Å². The van der Waals surface area contributed by atoms with E-state index in [4.69, 9.17) is 0 Å². The molecular formula is C17H25NO2S. The van der Waals surface area contributed by atoms with Crippen molar-refractivity contribution >= 4 is 15.5 Å². The topological polar surface area (TPSA) is 46.2 Å². The number of rotatable bonds is 5. The Labute approximate surface area is 128 Å². The quantitative estimate of drug-likeness (QED) is 0.845. The van der Waals surface area contributed by atoms with Gasteiger partial charge in [-0.1, -0.05) is 30.7 Å². The average Bonchev–Trinajstić information content (AvgIpc) is 2.36. The van der Waals surface area contributed by atoms with Gasteiger partial charge in [-0.15, -0.1) is 0 Å². The van der Waals surface area contributed by atoms with Gasteiger partial charge in [0.15, 0.2) is 9.84 Å². The summed E-state index contributed by atoms with van der Waals surface area (Å²) in [5, 5.41) is 3.47. The van der Waals surface area contributed by atoms with E-state index in [-0.39, 0.29) is 5.75 Å². The van der Waals surface area contributed by atoms with Gasteiger partial charge in [0.25, 0.3) is 0 Å². The highest BCUT2D eigenvalue weighted by molar-refractivity contribution is 7.89. The minimum absolute atomic E-state index is 0.0985. The first kappa shape index (κ1) is 16.1. The highest BCUT2D eigenvalue weighted by atomic mass is 32.2. The van der Waals surface area contributed by atoms with Crippen molar-refractivity contribution in [1.82, 2.24) is 0 Å². The van der Waals surface area contributed by atoms with Crippen molar-refractivity contribution in [1.29, 1.82) is 0 Å². The molecule has 1 aliphatic carbocycles. The molecule has 2 rings (SSSR count). The van der Waals surface area contributed by atoms with Crippen LogP contribution < -0.4 is 5.32 Å². The molecule has 116 valence electrons. The predicted octanol–water partition coefficient (Wildman–Crippen LogP) is 3.64. The molecule has 1 aliphatic rings. The number of benzene rings is 1. The van der Waals surface area contributed by atoms with Crippen LogP contribution in [0.25, 0.3) is 0 Å². The third-order valence-electron chi connectivity index (χ3n) is 4.24. The Morgan fingerprint density at radius 3 is 2.76 bits per heavy atom. The van der Waals surface area contributed by atoms with Crippen LogP contribution in [0.15, 0.2) is 35.9 Å². The van der Waals surface area contributed by atoms with E-state index in [1.54, 1.807) is 0 Å². The van der Waals surface area contributed by atoms with E-state index in [1.165, 1.54) is 24.7 Å². The second kappa shape index (κ2) is 6.65. The van der Waals surface area contributed by atoms with Gasteiger partial charge < -0.3 is 5.32 Å². The highest BCUT2D eigenvalue weighted by Crippen LogP contribution is 2.30. The second-order valence-electron chi connectivity index (χ2n) is 6.26. The van der Waals surface area contributed by atoms with Crippen LogP contribution in [0.5, 0.6) is 0 Å². The lowest BCUT2D eigenvalue weighted by atomic mass is 9.80. The Bertz CT molecular complexity index is 619. The van der Waals surface area contributed by atoms with E-state index >= 15 is 0 Å². The van der Waals surface area contributed by atoms with E-state index in [0.717, 1.165) is 17.8 Å². The number of anilines is 1. The van der Waals surface area contributed by atoms with E-state index in [0.29, 0.717) is 11.8 Å². The number of nitrogens with one attached hydrogen (secondary N) is 1. The number of allylic oxidation sites excluding steroid dienone is 1. The van der Waals surface area contributed by atoms with Crippen molar-refractivity contribution in [3.8, 4) is 0 Å². The number of hydrogen-bond donors (Lipinski definition) is 1. The minimum atomic E-state index is -2.98. The van der Waals surface area contributed by atoms with Crippen LogP contribution in [-0.4, -0.2) is 21.2 Å². The minimum Gasteiger partial charge on any atom is -0.384 e. The maximum absolute atomic E-state index is 11.4. The average molecular weight is 307 g/mol. The Morgan fingerprint density at radius 2 is 2.10 bits per heavy atom. The maximum atomic E-state index is 11.4. The third kappa shape index (κ3) is 4.88. The van der Waals surface area contributed by atoms with Crippen LogP contribution in [0.2, 0.25) is 0 Å². The van der Waals surface area contributed by atoms with Crippen LogP contribution in [0, 0.1) is 11.8 Å². The lowest BCUT2D eigenvalue weighted by Crippen LogP contribution is -2.24. The van der Waals surface area contributed by atoms with Crippen LogP contribution in [0.3, 0.4) is 0 Å².